The third kappa shape index (κ3) is 2.20. The van der Waals surface area contributed by atoms with Crippen LogP contribution in [0.3, 0.4) is 0 Å². The minimum absolute atomic E-state index is 0.189. The van der Waals surface area contributed by atoms with Crippen molar-refractivity contribution in [3.05, 3.63) is 35.6 Å². The van der Waals surface area contributed by atoms with Gasteiger partial charge < -0.3 is 5.73 Å². The molecule has 2 heteroatoms. The molecule has 82 valence electrons. The van der Waals surface area contributed by atoms with Crippen molar-refractivity contribution in [3.63, 3.8) is 0 Å². The van der Waals surface area contributed by atoms with Gasteiger partial charge in [0.15, 0.2) is 0 Å². The number of benzene rings is 1. The molecule has 0 aromatic heterocycles. The largest absolute Gasteiger partial charge is 0.321 e. The van der Waals surface area contributed by atoms with E-state index >= 15 is 0 Å². The third-order valence-electron chi connectivity index (χ3n) is 3.45. The molecule has 15 heavy (non-hydrogen) atoms. The maximum atomic E-state index is 12.8. The Bertz CT molecular complexity index is 333. The van der Waals surface area contributed by atoms with Crippen molar-refractivity contribution < 1.29 is 4.39 Å². The Morgan fingerprint density at radius 1 is 1.33 bits per heavy atom. The maximum Gasteiger partial charge on any atom is 0.123 e. The zero-order valence-electron chi connectivity index (χ0n) is 9.17. The summed E-state index contributed by atoms with van der Waals surface area (Å²) in [7, 11) is 0. The van der Waals surface area contributed by atoms with Crippen molar-refractivity contribution in [1.29, 1.82) is 0 Å². The van der Waals surface area contributed by atoms with Crippen LogP contribution in [0.15, 0.2) is 24.3 Å². The summed E-state index contributed by atoms with van der Waals surface area (Å²) in [5.74, 6) is 0.486. The second kappa shape index (κ2) is 3.93. The van der Waals surface area contributed by atoms with E-state index in [1.54, 1.807) is 0 Å². The monoisotopic (exact) mass is 207 g/mol. The molecule has 0 bridgehead atoms. The SMILES string of the molecule is CC1CCCC(N)(c2ccc(F)cc2)C1. The second-order valence-corrected chi connectivity index (χ2v) is 4.86. The summed E-state index contributed by atoms with van der Waals surface area (Å²) in [5, 5.41) is 0. The Balaban J connectivity index is 2.24. The van der Waals surface area contributed by atoms with Crippen LogP contribution in [-0.4, -0.2) is 0 Å². The number of hydrogen-bond donors (Lipinski definition) is 1. The molecule has 1 nitrogen and oxygen atoms in total. The standard InChI is InChI=1S/C13H18FN/c1-10-3-2-8-13(15,9-10)11-4-6-12(14)7-5-11/h4-7,10H,2-3,8-9,15H2,1H3. The maximum absolute atomic E-state index is 12.8. The highest BCUT2D eigenvalue weighted by Gasteiger charge is 2.32. The summed E-state index contributed by atoms with van der Waals surface area (Å²) >= 11 is 0. The highest BCUT2D eigenvalue weighted by Crippen LogP contribution is 2.37. The van der Waals surface area contributed by atoms with Crippen LogP contribution < -0.4 is 5.73 Å². The van der Waals surface area contributed by atoms with Crippen LogP contribution in [0.4, 0.5) is 4.39 Å². The van der Waals surface area contributed by atoms with Crippen molar-refractivity contribution in [1.82, 2.24) is 0 Å². The Morgan fingerprint density at radius 3 is 2.60 bits per heavy atom. The van der Waals surface area contributed by atoms with Gasteiger partial charge in [0.25, 0.3) is 0 Å². The van der Waals surface area contributed by atoms with Gasteiger partial charge in [0.2, 0.25) is 0 Å². The van der Waals surface area contributed by atoms with E-state index in [1.807, 2.05) is 12.1 Å². The van der Waals surface area contributed by atoms with E-state index in [9.17, 15) is 4.39 Å². The van der Waals surface area contributed by atoms with Crippen molar-refractivity contribution >= 4 is 0 Å². The lowest BCUT2D eigenvalue weighted by atomic mass is 9.73. The van der Waals surface area contributed by atoms with E-state index in [-0.39, 0.29) is 11.4 Å². The van der Waals surface area contributed by atoms with E-state index < -0.39 is 0 Å². The molecule has 1 aliphatic rings. The van der Waals surface area contributed by atoms with Gasteiger partial charge in [0.1, 0.15) is 5.82 Å². The number of halogens is 1. The van der Waals surface area contributed by atoms with Gasteiger partial charge in [-0.3, -0.25) is 0 Å². The van der Waals surface area contributed by atoms with Gasteiger partial charge in [-0.25, -0.2) is 4.39 Å². The molecule has 0 heterocycles. The van der Waals surface area contributed by atoms with Crippen LogP contribution in [0.1, 0.15) is 38.2 Å². The molecule has 1 aromatic carbocycles. The Labute approximate surface area is 90.5 Å². The molecular formula is C13H18FN. The number of rotatable bonds is 1. The topological polar surface area (TPSA) is 26.0 Å². The molecule has 2 atom stereocenters. The molecule has 0 radical (unpaired) electrons. The molecule has 2 N–H and O–H groups in total. The molecule has 1 aromatic rings. The fourth-order valence-electron chi connectivity index (χ4n) is 2.64. The van der Waals surface area contributed by atoms with Gasteiger partial charge in [-0.1, -0.05) is 31.9 Å². The summed E-state index contributed by atoms with van der Waals surface area (Å²) < 4.78 is 12.8. The van der Waals surface area contributed by atoms with Gasteiger partial charge in [0, 0.05) is 5.54 Å². The third-order valence-corrected chi connectivity index (χ3v) is 3.45. The van der Waals surface area contributed by atoms with Crippen LogP contribution in [-0.2, 0) is 5.54 Å². The van der Waals surface area contributed by atoms with Gasteiger partial charge >= 0.3 is 0 Å². The molecule has 1 fully saturated rings. The average molecular weight is 207 g/mol. The van der Waals surface area contributed by atoms with Crippen LogP contribution in [0.25, 0.3) is 0 Å². The summed E-state index contributed by atoms with van der Waals surface area (Å²) in [6, 6.07) is 6.66. The molecule has 2 unspecified atom stereocenters. The summed E-state index contributed by atoms with van der Waals surface area (Å²) in [4.78, 5) is 0. The molecule has 0 aliphatic heterocycles. The lowest BCUT2D eigenvalue weighted by molar-refractivity contribution is 0.239. The van der Waals surface area contributed by atoms with E-state index in [0.29, 0.717) is 5.92 Å². The van der Waals surface area contributed by atoms with Gasteiger partial charge in [0.05, 0.1) is 0 Å². The fraction of sp³-hybridized carbons (Fsp3) is 0.538. The molecular weight excluding hydrogens is 189 g/mol. The minimum atomic E-state index is -0.231. The summed E-state index contributed by atoms with van der Waals surface area (Å²) in [6.07, 6.45) is 4.47. The second-order valence-electron chi connectivity index (χ2n) is 4.86. The van der Waals surface area contributed by atoms with Crippen molar-refractivity contribution in [2.45, 2.75) is 38.1 Å². The van der Waals surface area contributed by atoms with E-state index in [2.05, 4.69) is 6.92 Å². The average Bonchev–Trinajstić information content (AvgIpc) is 2.18. The molecule has 0 amide bonds. The highest BCUT2D eigenvalue weighted by atomic mass is 19.1. The molecule has 2 rings (SSSR count). The number of hydrogen-bond acceptors (Lipinski definition) is 1. The molecule has 1 saturated carbocycles. The van der Waals surface area contributed by atoms with Crippen molar-refractivity contribution in [2.24, 2.45) is 11.7 Å². The highest BCUT2D eigenvalue weighted by molar-refractivity contribution is 5.25. The van der Waals surface area contributed by atoms with Gasteiger partial charge in [-0.2, -0.15) is 0 Å². The zero-order valence-corrected chi connectivity index (χ0v) is 9.17. The Hall–Kier alpha value is -0.890. The first kappa shape index (κ1) is 10.6. The van der Waals surface area contributed by atoms with Crippen LogP contribution >= 0.6 is 0 Å². The van der Waals surface area contributed by atoms with E-state index in [0.717, 1.165) is 18.4 Å². The molecule has 0 spiro atoms. The first-order valence-corrected chi connectivity index (χ1v) is 5.65. The van der Waals surface area contributed by atoms with E-state index in [1.165, 1.54) is 25.0 Å². The Kier molecular flexibility index (Phi) is 2.79. The normalized spacial score (nSPS) is 31.5. The van der Waals surface area contributed by atoms with Gasteiger partial charge in [-0.05, 0) is 36.5 Å². The first-order chi connectivity index (χ1) is 7.10. The predicted octanol–water partition coefficient (Wildman–Crippen LogP) is 3.19. The molecule has 0 saturated heterocycles. The van der Waals surface area contributed by atoms with Crippen LogP contribution in [0.5, 0.6) is 0 Å². The van der Waals surface area contributed by atoms with Crippen molar-refractivity contribution in [3.8, 4) is 0 Å². The van der Waals surface area contributed by atoms with Crippen molar-refractivity contribution in [2.75, 3.05) is 0 Å². The number of nitrogens with two attached hydrogens (primary N) is 1. The van der Waals surface area contributed by atoms with Gasteiger partial charge in [-0.15, -0.1) is 0 Å². The first-order valence-electron chi connectivity index (χ1n) is 5.65. The lowest BCUT2D eigenvalue weighted by Crippen LogP contribution is -2.40. The lowest BCUT2D eigenvalue weighted by Gasteiger charge is -2.37. The quantitative estimate of drug-likeness (QED) is 0.752. The summed E-state index contributed by atoms with van der Waals surface area (Å²) in [6.45, 7) is 2.24. The fourth-order valence-corrected chi connectivity index (χ4v) is 2.64. The van der Waals surface area contributed by atoms with E-state index in [4.69, 9.17) is 5.73 Å². The zero-order chi connectivity index (χ0) is 10.9. The minimum Gasteiger partial charge on any atom is -0.321 e. The Morgan fingerprint density at radius 2 is 2.00 bits per heavy atom. The van der Waals surface area contributed by atoms with Crippen LogP contribution in [0, 0.1) is 11.7 Å². The van der Waals surface area contributed by atoms with Crippen LogP contribution in [0.2, 0.25) is 0 Å². The predicted molar refractivity (Wildman–Crippen MR) is 59.9 cm³/mol. The molecule has 1 aliphatic carbocycles. The summed E-state index contributed by atoms with van der Waals surface area (Å²) in [5.41, 5.74) is 7.25. The smallest absolute Gasteiger partial charge is 0.123 e.